The fraction of sp³-hybridized carbons (Fsp3) is 0.371. The van der Waals surface area contributed by atoms with Gasteiger partial charge in [-0.2, -0.15) is 26.3 Å². The number of ether oxygens (including phenoxy) is 1. The molecule has 2 atom stereocenters. The van der Waals surface area contributed by atoms with Gasteiger partial charge in [0.15, 0.2) is 0 Å². The second kappa shape index (κ2) is 12.2. The average molecular weight is 679 g/mol. The van der Waals surface area contributed by atoms with E-state index in [1.807, 2.05) is 12.1 Å². The molecule has 0 bridgehead atoms. The molecule has 5 rings (SSSR count). The summed E-state index contributed by atoms with van der Waals surface area (Å²) in [5, 5.41) is 11.8. The molecule has 1 aliphatic heterocycles. The van der Waals surface area contributed by atoms with Gasteiger partial charge in [-0.05, 0) is 119 Å². The number of aryl methyl sites for hydroxylation is 1. The van der Waals surface area contributed by atoms with Gasteiger partial charge in [0.05, 0.1) is 23.1 Å². The summed E-state index contributed by atoms with van der Waals surface area (Å²) in [6.07, 6.45) is -10.4. The quantitative estimate of drug-likeness (QED) is 0.244. The van der Waals surface area contributed by atoms with Gasteiger partial charge >= 0.3 is 18.4 Å². The first-order chi connectivity index (χ1) is 21.7. The van der Waals surface area contributed by atoms with Crippen LogP contribution in [0.4, 0.5) is 31.1 Å². The van der Waals surface area contributed by atoms with Gasteiger partial charge in [0.1, 0.15) is 6.10 Å². The Morgan fingerprint density at radius 3 is 2.19 bits per heavy atom. The number of aromatic carboxylic acids is 1. The van der Waals surface area contributed by atoms with Gasteiger partial charge in [-0.25, -0.2) is 4.79 Å². The Bertz CT molecular complexity index is 1750. The Labute approximate surface area is 272 Å². The lowest BCUT2D eigenvalue weighted by Crippen LogP contribution is -2.35. The van der Waals surface area contributed by atoms with Crippen LogP contribution in [0, 0.1) is 12.3 Å². The molecule has 0 aromatic heterocycles. The first kappa shape index (κ1) is 34.3. The largest absolute Gasteiger partial charge is 0.545 e. The number of allylic oxidation sites excluding steroid dienone is 1. The van der Waals surface area contributed by atoms with Gasteiger partial charge in [-0.3, -0.25) is 4.90 Å². The van der Waals surface area contributed by atoms with E-state index in [1.165, 1.54) is 24.0 Å². The summed E-state index contributed by atoms with van der Waals surface area (Å²) in [6, 6.07) is 10.4. The maximum atomic E-state index is 13.6. The zero-order valence-electron chi connectivity index (χ0n) is 25.9. The molecule has 1 amide bonds. The normalized spacial score (nSPS) is 20.1. The van der Waals surface area contributed by atoms with Crippen LogP contribution in [-0.4, -0.2) is 29.5 Å². The number of rotatable bonds is 6. The average Bonchev–Trinajstić information content (AvgIpc) is 3.25. The molecule has 2 aliphatic rings. The predicted molar refractivity (Wildman–Crippen MR) is 162 cm³/mol. The number of benzene rings is 3. The third-order valence-electron chi connectivity index (χ3n) is 8.93. The fourth-order valence-corrected chi connectivity index (χ4v) is 6.67. The van der Waals surface area contributed by atoms with E-state index in [1.54, 1.807) is 19.1 Å². The highest BCUT2D eigenvalue weighted by Gasteiger charge is 2.44. The van der Waals surface area contributed by atoms with Crippen molar-refractivity contribution in [3.63, 3.8) is 0 Å². The van der Waals surface area contributed by atoms with E-state index in [4.69, 9.17) is 16.3 Å². The smallest absolute Gasteiger partial charge is 0.416 e. The summed E-state index contributed by atoms with van der Waals surface area (Å²) in [4.78, 5) is 25.9. The van der Waals surface area contributed by atoms with Gasteiger partial charge < -0.3 is 14.6 Å². The third kappa shape index (κ3) is 7.15. The van der Waals surface area contributed by atoms with E-state index >= 15 is 0 Å². The lowest BCUT2D eigenvalue weighted by Gasteiger charge is -2.36. The number of hydrogen-bond acceptors (Lipinski definition) is 4. The summed E-state index contributed by atoms with van der Waals surface area (Å²) in [7, 11) is 0. The molecule has 0 N–H and O–H groups in total. The molecule has 47 heavy (non-hydrogen) atoms. The van der Waals surface area contributed by atoms with Crippen molar-refractivity contribution in [1.29, 1.82) is 0 Å². The van der Waals surface area contributed by atoms with Crippen molar-refractivity contribution in [1.82, 2.24) is 4.90 Å². The van der Waals surface area contributed by atoms with E-state index in [9.17, 15) is 41.0 Å². The van der Waals surface area contributed by atoms with Crippen LogP contribution in [0.1, 0.15) is 84.3 Å². The zero-order chi connectivity index (χ0) is 34.6. The highest BCUT2D eigenvalue weighted by atomic mass is 35.5. The second-order valence-corrected chi connectivity index (χ2v) is 13.4. The number of carboxylic acids is 1. The molecule has 1 fully saturated rings. The number of alkyl halides is 6. The molecule has 3 aromatic rings. The maximum Gasteiger partial charge on any atom is 0.416 e. The molecule has 5 nitrogen and oxygen atoms in total. The zero-order valence-corrected chi connectivity index (χ0v) is 26.7. The monoisotopic (exact) mass is 678 g/mol. The standard InChI is InChI=1S/C35H32ClF6NO4/c1-18-11-21(31(44)45)5-7-26(18)20-6-8-29(36)28(14-20)27-9-10-33(3,4)16-23(27)17-43-19(2)30(47-32(43)46)22-12-24(34(37,38)39)15-25(13-22)35(40,41)42/h5-8,11-15,19,30H,9-10,16-17H2,1-4H3,(H,44,45)/p-1/t19-,30-/m0/s1. The Kier molecular flexibility index (Phi) is 8.94. The third-order valence-corrected chi connectivity index (χ3v) is 9.26. The molecule has 0 spiro atoms. The van der Waals surface area contributed by atoms with Crippen molar-refractivity contribution in [2.24, 2.45) is 5.41 Å². The van der Waals surface area contributed by atoms with E-state index in [0.29, 0.717) is 41.1 Å². The second-order valence-electron chi connectivity index (χ2n) is 12.9. The number of carboxylic acid groups (broad SMARTS) is 1. The van der Waals surface area contributed by atoms with Gasteiger partial charge in [-0.1, -0.05) is 43.6 Å². The highest BCUT2D eigenvalue weighted by Crippen LogP contribution is 2.47. The Morgan fingerprint density at radius 1 is 0.979 bits per heavy atom. The van der Waals surface area contributed by atoms with Gasteiger partial charge in [0.2, 0.25) is 0 Å². The summed E-state index contributed by atoms with van der Waals surface area (Å²) in [5.41, 5.74) is 1.21. The molecule has 1 heterocycles. The minimum atomic E-state index is -5.04. The van der Waals surface area contributed by atoms with Crippen LogP contribution in [0.3, 0.4) is 0 Å². The van der Waals surface area contributed by atoms with Crippen molar-refractivity contribution in [2.75, 3.05) is 6.54 Å². The molecule has 0 saturated carbocycles. The number of carbonyl (C=O) groups excluding carboxylic acids is 2. The van der Waals surface area contributed by atoms with Gasteiger partial charge in [0.25, 0.3) is 0 Å². The number of cyclic esters (lactones) is 1. The molecular weight excluding hydrogens is 648 g/mol. The van der Waals surface area contributed by atoms with E-state index in [0.717, 1.165) is 28.7 Å². The predicted octanol–water partition coefficient (Wildman–Crippen LogP) is 9.26. The van der Waals surface area contributed by atoms with Crippen LogP contribution in [0.15, 0.2) is 60.2 Å². The molecule has 12 heteroatoms. The highest BCUT2D eigenvalue weighted by molar-refractivity contribution is 6.32. The Morgan fingerprint density at radius 2 is 1.62 bits per heavy atom. The van der Waals surface area contributed by atoms with Crippen LogP contribution in [0.25, 0.3) is 16.7 Å². The minimum Gasteiger partial charge on any atom is -0.545 e. The van der Waals surface area contributed by atoms with Gasteiger partial charge in [0, 0.05) is 11.6 Å². The Hall–Kier alpha value is -3.99. The van der Waals surface area contributed by atoms with Crippen molar-refractivity contribution in [2.45, 2.75) is 71.5 Å². The van der Waals surface area contributed by atoms with Crippen molar-refractivity contribution in [3.8, 4) is 11.1 Å². The van der Waals surface area contributed by atoms with Crippen LogP contribution < -0.4 is 5.11 Å². The lowest BCUT2D eigenvalue weighted by molar-refractivity contribution is -0.255. The number of amides is 1. The lowest BCUT2D eigenvalue weighted by atomic mass is 9.72. The number of halogens is 7. The summed E-state index contributed by atoms with van der Waals surface area (Å²) in [6.45, 7) is 7.48. The summed E-state index contributed by atoms with van der Waals surface area (Å²) in [5.74, 6) is -1.29. The first-order valence-corrected chi connectivity index (χ1v) is 15.2. The fourth-order valence-electron chi connectivity index (χ4n) is 6.44. The van der Waals surface area contributed by atoms with E-state index < -0.39 is 53.3 Å². The Balaban J connectivity index is 1.53. The van der Waals surface area contributed by atoms with Gasteiger partial charge in [-0.15, -0.1) is 0 Å². The van der Waals surface area contributed by atoms with Crippen molar-refractivity contribution < 1.29 is 45.8 Å². The van der Waals surface area contributed by atoms with Crippen molar-refractivity contribution >= 4 is 29.2 Å². The minimum absolute atomic E-state index is 0.0280. The molecule has 3 aromatic carbocycles. The number of hydrogen-bond donors (Lipinski definition) is 0. The summed E-state index contributed by atoms with van der Waals surface area (Å²) < 4.78 is 86.9. The molecule has 0 radical (unpaired) electrons. The number of carbonyl (C=O) groups is 2. The van der Waals surface area contributed by atoms with Crippen LogP contribution in [0.2, 0.25) is 5.02 Å². The maximum absolute atomic E-state index is 13.6. The molecular formula is C35H31ClF6NO4-. The van der Waals surface area contributed by atoms with Crippen LogP contribution in [-0.2, 0) is 17.1 Å². The first-order valence-electron chi connectivity index (χ1n) is 14.8. The molecule has 1 saturated heterocycles. The SMILES string of the molecule is Cc1cc(C(=O)[O-])ccc1-c1ccc(Cl)c(C2=C(CN3C(=O)O[C@H](c4cc(C(F)(F)F)cc(C(F)(F)F)c4)[C@@H]3C)CC(C)(C)CC2)c1. The molecule has 250 valence electrons. The van der Waals surface area contributed by atoms with Crippen LogP contribution >= 0.6 is 11.6 Å². The number of nitrogens with zero attached hydrogens (tertiary/aromatic N) is 1. The van der Waals surface area contributed by atoms with Crippen molar-refractivity contribution in [3.05, 3.63) is 98.6 Å². The topological polar surface area (TPSA) is 69.7 Å². The molecule has 0 unspecified atom stereocenters. The molecule has 1 aliphatic carbocycles. The summed E-state index contributed by atoms with van der Waals surface area (Å²) >= 11 is 6.73. The van der Waals surface area contributed by atoms with E-state index in [2.05, 4.69) is 13.8 Å². The van der Waals surface area contributed by atoms with Crippen LogP contribution in [0.5, 0.6) is 0 Å². The van der Waals surface area contributed by atoms with E-state index in [-0.39, 0.29) is 23.6 Å².